The number of esters is 1. The zero-order valence-electron chi connectivity index (χ0n) is 11.3. The van der Waals surface area contributed by atoms with Gasteiger partial charge in [-0.3, -0.25) is 4.79 Å². The van der Waals surface area contributed by atoms with Crippen molar-refractivity contribution >= 4 is 5.97 Å². The molecule has 0 atom stereocenters. The lowest BCUT2D eigenvalue weighted by atomic mass is 10.1. The number of rotatable bonds is 7. The van der Waals surface area contributed by atoms with Gasteiger partial charge in [-0.2, -0.15) is 0 Å². The molecule has 16 heavy (non-hydrogen) atoms. The first-order valence-electron chi connectivity index (χ1n) is 6.84. The average molecular weight is 228 g/mol. The predicted octanol–water partition coefficient (Wildman–Crippen LogP) is 4.33. The van der Waals surface area contributed by atoms with Gasteiger partial charge >= 0.3 is 5.97 Å². The molecule has 0 N–H and O–H groups in total. The molecule has 1 aliphatic rings. The summed E-state index contributed by atoms with van der Waals surface area (Å²) in [4.78, 5) is 9.82. The number of unbranched alkanes of at least 4 members (excludes halogenated alkanes) is 4. The molecule has 0 amide bonds. The molecule has 0 aromatic rings. The van der Waals surface area contributed by atoms with Gasteiger partial charge in [0.25, 0.3) is 0 Å². The first-order valence-corrected chi connectivity index (χ1v) is 6.84. The van der Waals surface area contributed by atoms with Gasteiger partial charge in [0.05, 0.1) is 6.61 Å². The molecule has 0 aromatic heterocycles. The van der Waals surface area contributed by atoms with Gasteiger partial charge < -0.3 is 4.74 Å². The topological polar surface area (TPSA) is 26.3 Å². The molecule has 0 saturated heterocycles. The highest BCUT2D eigenvalue weighted by Crippen LogP contribution is 2.34. The number of hydrogen-bond acceptors (Lipinski definition) is 2. The largest absolute Gasteiger partial charge is 0.466 e. The maximum Gasteiger partial charge on any atom is 0.302 e. The summed E-state index contributed by atoms with van der Waals surface area (Å²) < 4.78 is 4.40. The van der Waals surface area contributed by atoms with E-state index in [1.807, 2.05) is 0 Å². The summed E-state index contributed by atoms with van der Waals surface area (Å²) >= 11 is 0. The zero-order valence-corrected chi connectivity index (χ0v) is 11.3. The molecular formula is C14H28O2. The van der Waals surface area contributed by atoms with Crippen LogP contribution in [0.4, 0.5) is 0 Å². The molecule has 0 radical (unpaired) electrons. The zero-order chi connectivity index (χ0) is 12.2. The smallest absolute Gasteiger partial charge is 0.302 e. The Morgan fingerprint density at radius 1 is 1.12 bits per heavy atom. The first kappa shape index (κ1) is 15.5. The van der Waals surface area contributed by atoms with Gasteiger partial charge in [-0.1, -0.05) is 58.3 Å². The van der Waals surface area contributed by atoms with E-state index in [2.05, 4.69) is 11.7 Å². The third-order valence-corrected chi connectivity index (χ3v) is 2.76. The van der Waals surface area contributed by atoms with Crippen LogP contribution in [0.15, 0.2) is 0 Å². The first-order chi connectivity index (χ1) is 7.70. The Balaban J connectivity index is 0.000000325. The Morgan fingerprint density at radius 2 is 1.75 bits per heavy atom. The second-order valence-corrected chi connectivity index (χ2v) is 4.57. The predicted molar refractivity (Wildman–Crippen MR) is 68.4 cm³/mol. The fourth-order valence-electron chi connectivity index (χ4n) is 1.65. The van der Waals surface area contributed by atoms with E-state index in [-0.39, 0.29) is 5.97 Å². The van der Waals surface area contributed by atoms with Crippen molar-refractivity contribution in [2.45, 2.75) is 72.1 Å². The molecule has 96 valence electrons. The Bertz CT molecular complexity index is 162. The summed E-state index contributed by atoms with van der Waals surface area (Å²) in [6, 6.07) is 0. The van der Waals surface area contributed by atoms with Crippen molar-refractivity contribution in [3.05, 3.63) is 0 Å². The average Bonchev–Trinajstić information content (AvgIpc) is 3.02. The number of hydrogen-bond donors (Lipinski definition) is 0. The Hall–Kier alpha value is -0.530. The van der Waals surface area contributed by atoms with Gasteiger partial charge in [-0.25, -0.2) is 0 Å². The summed E-state index contributed by atoms with van der Waals surface area (Å²) in [6.07, 6.45) is 11.9. The van der Waals surface area contributed by atoms with Crippen molar-refractivity contribution in [3.63, 3.8) is 0 Å². The molecule has 2 nitrogen and oxygen atoms in total. The van der Waals surface area contributed by atoms with Crippen molar-refractivity contribution in [3.8, 4) is 0 Å². The van der Waals surface area contributed by atoms with Crippen LogP contribution in [-0.2, 0) is 9.53 Å². The second-order valence-electron chi connectivity index (χ2n) is 4.57. The Kier molecular flexibility index (Phi) is 10.6. The van der Waals surface area contributed by atoms with E-state index in [1.54, 1.807) is 6.92 Å². The molecule has 0 aromatic carbocycles. The summed E-state index contributed by atoms with van der Waals surface area (Å²) in [6.45, 7) is 5.93. The highest BCUT2D eigenvalue weighted by atomic mass is 16.5. The van der Waals surface area contributed by atoms with Gasteiger partial charge in [-0.05, 0) is 12.8 Å². The van der Waals surface area contributed by atoms with Crippen molar-refractivity contribution in [2.24, 2.45) is 5.92 Å². The van der Waals surface area contributed by atoms with Crippen LogP contribution in [0.1, 0.15) is 72.1 Å². The maximum atomic E-state index is 9.82. The fourth-order valence-corrected chi connectivity index (χ4v) is 1.65. The van der Waals surface area contributed by atoms with E-state index in [0.717, 1.165) is 5.92 Å². The minimum Gasteiger partial charge on any atom is -0.466 e. The quantitative estimate of drug-likeness (QED) is 0.479. The Labute approximate surface area is 101 Å². The van der Waals surface area contributed by atoms with Crippen LogP contribution < -0.4 is 0 Å². The van der Waals surface area contributed by atoms with Crippen LogP contribution in [0, 0.1) is 5.92 Å². The molecule has 1 fully saturated rings. The Morgan fingerprint density at radius 3 is 2.12 bits per heavy atom. The molecule has 2 heteroatoms. The van der Waals surface area contributed by atoms with E-state index in [1.165, 1.54) is 58.3 Å². The standard InChI is InChI=1S/C10H20.C4H8O2/c1-2-3-4-5-6-7-10-8-9-10;1-3-6-4(2)5/h10H,2-9H2,1H3;3H2,1-2H3. The van der Waals surface area contributed by atoms with Crippen LogP contribution in [0.25, 0.3) is 0 Å². The van der Waals surface area contributed by atoms with Crippen LogP contribution >= 0.6 is 0 Å². The molecule has 1 rings (SSSR count). The van der Waals surface area contributed by atoms with E-state index in [4.69, 9.17) is 0 Å². The summed E-state index contributed by atoms with van der Waals surface area (Å²) in [5.74, 6) is 0.944. The molecule has 0 spiro atoms. The highest BCUT2D eigenvalue weighted by Gasteiger charge is 2.19. The minimum atomic E-state index is -0.211. The monoisotopic (exact) mass is 228 g/mol. The molecule has 0 heterocycles. The van der Waals surface area contributed by atoms with E-state index in [9.17, 15) is 4.79 Å². The lowest BCUT2D eigenvalue weighted by molar-refractivity contribution is -0.140. The maximum absolute atomic E-state index is 9.82. The lowest BCUT2D eigenvalue weighted by Crippen LogP contribution is -1.95. The molecule has 1 saturated carbocycles. The molecular weight excluding hydrogens is 200 g/mol. The summed E-state index contributed by atoms with van der Waals surface area (Å²) in [5.41, 5.74) is 0. The number of carbonyl (C=O) groups excluding carboxylic acids is 1. The van der Waals surface area contributed by atoms with Crippen LogP contribution in [0.5, 0.6) is 0 Å². The van der Waals surface area contributed by atoms with Gasteiger partial charge in [0, 0.05) is 6.92 Å². The van der Waals surface area contributed by atoms with Gasteiger partial charge in [0.2, 0.25) is 0 Å². The van der Waals surface area contributed by atoms with E-state index >= 15 is 0 Å². The minimum absolute atomic E-state index is 0.211. The van der Waals surface area contributed by atoms with Gasteiger partial charge in [-0.15, -0.1) is 0 Å². The third kappa shape index (κ3) is 13.5. The van der Waals surface area contributed by atoms with Crippen molar-refractivity contribution < 1.29 is 9.53 Å². The number of carbonyl (C=O) groups is 1. The van der Waals surface area contributed by atoms with Gasteiger partial charge in [0.1, 0.15) is 0 Å². The fraction of sp³-hybridized carbons (Fsp3) is 0.929. The van der Waals surface area contributed by atoms with E-state index in [0.29, 0.717) is 6.61 Å². The normalized spacial score (nSPS) is 13.9. The summed E-state index contributed by atoms with van der Waals surface area (Å²) in [5, 5.41) is 0. The summed E-state index contributed by atoms with van der Waals surface area (Å²) in [7, 11) is 0. The van der Waals surface area contributed by atoms with Gasteiger partial charge in [0.15, 0.2) is 0 Å². The molecule has 0 aliphatic heterocycles. The highest BCUT2D eigenvalue weighted by molar-refractivity contribution is 5.65. The lowest BCUT2D eigenvalue weighted by Gasteiger charge is -1.97. The van der Waals surface area contributed by atoms with Crippen molar-refractivity contribution in [2.75, 3.05) is 6.61 Å². The molecule has 0 bridgehead atoms. The number of ether oxygens (including phenoxy) is 1. The van der Waals surface area contributed by atoms with Crippen LogP contribution in [0.2, 0.25) is 0 Å². The third-order valence-electron chi connectivity index (χ3n) is 2.76. The van der Waals surface area contributed by atoms with E-state index < -0.39 is 0 Å². The molecule has 1 aliphatic carbocycles. The second kappa shape index (κ2) is 11.0. The molecule has 0 unspecified atom stereocenters. The van der Waals surface area contributed by atoms with Crippen molar-refractivity contribution in [1.82, 2.24) is 0 Å². The van der Waals surface area contributed by atoms with Crippen LogP contribution in [0.3, 0.4) is 0 Å². The van der Waals surface area contributed by atoms with Crippen LogP contribution in [-0.4, -0.2) is 12.6 Å². The SMILES string of the molecule is CCCCCCCC1CC1.CCOC(C)=O. The van der Waals surface area contributed by atoms with Crippen molar-refractivity contribution in [1.29, 1.82) is 0 Å².